The van der Waals surface area contributed by atoms with Gasteiger partial charge in [0.15, 0.2) is 0 Å². The minimum Gasteiger partial charge on any atom is -0.390 e. The zero-order valence-corrected chi connectivity index (χ0v) is 12.4. The minimum atomic E-state index is -0.549. The number of aliphatic hydroxyl groups excluding tert-OH is 1. The van der Waals surface area contributed by atoms with Crippen LogP contribution in [-0.2, 0) is 11.2 Å². The van der Waals surface area contributed by atoms with Gasteiger partial charge in [-0.15, -0.1) is 11.3 Å². The fourth-order valence-corrected chi connectivity index (χ4v) is 3.49. The van der Waals surface area contributed by atoms with Crippen molar-refractivity contribution in [1.29, 1.82) is 0 Å². The normalized spacial score (nSPS) is 14.4. The summed E-state index contributed by atoms with van der Waals surface area (Å²) in [4.78, 5) is 1.14. The Balaban J connectivity index is 2.11. The Morgan fingerprint density at radius 3 is 2.56 bits per heavy atom. The standard InChI is InChI=1S/C14H15BrO2S/c1-17-14(10-5-3-2-4-6-10)12(16)9-13-11(15)7-8-18-13/h2-8,12,14,16H,9H2,1H3. The molecule has 1 N–H and O–H groups in total. The van der Waals surface area contributed by atoms with Crippen molar-refractivity contribution in [1.82, 2.24) is 0 Å². The first-order valence-corrected chi connectivity index (χ1v) is 7.37. The van der Waals surface area contributed by atoms with Gasteiger partial charge in [-0.25, -0.2) is 0 Å². The summed E-state index contributed by atoms with van der Waals surface area (Å²) >= 11 is 5.12. The summed E-state index contributed by atoms with van der Waals surface area (Å²) in [5.74, 6) is 0. The van der Waals surface area contributed by atoms with Crippen LogP contribution in [0.25, 0.3) is 0 Å². The smallest absolute Gasteiger partial charge is 0.108 e. The van der Waals surface area contributed by atoms with Crippen LogP contribution in [0.15, 0.2) is 46.3 Å². The predicted molar refractivity (Wildman–Crippen MR) is 77.9 cm³/mol. The highest BCUT2D eigenvalue weighted by Gasteiger charge is 2.22. The van der Waals surface area contributed by atoms with Crippen LogP contribution in [-0.4, -0.2) is 18.3 Å². The largest absolute Gasteiger partial charge is 0.390 e. The summed E-state index contributed by atoms with van der Waals surface area (Å²) in [6.45, 7) is 0. The molecule has 0 spiro atoms. The highest BCUT2D eigenvalue weighted by Crippen LogP contribution is 2.28. The van der Waals surface area contributed by atoms with Crippen molar-refractivity contribution in [3.63, 3.8) is 0 Å². The number of hydrogen-bond acceptors (Lipinski definition) is 3. The average Bonchev–Trinajstić information content (AvgIpc) is 2.77. The van der Waals surface area contributed by atoms with Gasteiger partial charge in [-0.1, -0.05) is 30.3 Å². The van der Waals surface area contributed by atoms with Crippen molar-refractivity contribution in [3.8, 4) is 0 Å². The Hall–Kier alpha value is -0.680. The van der Waals surface area contributed by atoms with E-state index >= 15 is 0 Å². The van der Waals surface area contributed by atoms with Crippen molar-refractivity contribution in [2.45, 2.75) is 18.6 Å². The number of benzene rings is 1. The Morgan fingerprint density at radius 1 is 1.28 bits per heavy atom. The highest BCUT2D eigenvalue weighted by atomic mass is 79.9. The van der Waals surface area contributed by atoms with E-state index in [1.54, 1.807) is 18.4 Å². The quantitative estimate of drug-likeness (QED) is 0.905. The van der Waals surface area contributed by atoms with Crippen molar-refractivity contribution in [3.05, 3.63) is 56.7 Å². The van der Waals surface area contributed by atoms with Crippen LogP contribution >= 0.6 is 27.3 Å². The van der Waals surface area contributed by atoms with E-state index in [1.165, 1.54) is 0 Å². The third-order valence-electron chi connectivity index (χ3n) is 2.82. The number of halogens is 1. The zero-order chi connectivity index (χ0) is 13.0. The summed E-state index contributed by atoms with van der Waals surface area (Å²) < 4.78 is 6.48. The molecule has 4 heteroatoms. The van der Waals surface area contributed by atoms with Crippen molar-refractivity contribution in [2.75, 3.05) is 7.11 Å². The number of thiophene rings is 1. The second-order valence-electron chi connectivity index (χ2n) is 4.03. The van der Waals surface area contributed by atoms with Gasteiger partial charge in [0.05, 0.1) is 6.10 Å². The number of hydrogen-bond donors (Lipinski definition) is 1. The molecule has 0 aliphatic heterocycles. The van der Waals surface area contributed by atoms with E-state index in [0.717, 1.165) is 14.9 Å². The molecular weight excluding hydrogens is 312 g/mol. The van der Waals surface area contributed by atoms with Crippen LogP contribution in [0.1, 0.15) is 16.5 Å². The molecule has 18 heavy (non-hydrogen) atoms. The van der Waals surface area contributed by atoms with E-state index in [4.69, 9.17) is 4.74 Å². The molecule has 0 aliphatic rings. The summed E-state index contributed by atoms with van der Waals surface area (Å²) in [6.07, 6.45) is -0.251. The Kier molecular flexibility index (Phi) is 4.95. The molecule has 0 bridgehead atoms. The lowest BCUT2D eigenvalue weighted by atomic mass is 10.0. The molecule has 0 fully saturated rings. The van der Waals surface area contributed by atoms with Gasteiger partial charge in [-0.05, 0) is 32.9 Å². The van der Waals surface area contributed by atoms with Crippen LogP contribution < -0.4 is 0 Å². The van der Waals surface area contributed by atoms with Gasteiger partial charge < -0.3 is 9.84 Å². The Labute approximate surface area is 119 Å². The van der Waals surface area contributed by atoms with Crippen molar-refractivity contribution in [2.24, 2.45) is 0 Å². The molecule has 2 atom stereocenters. The van der Waals surface area contributed by atoms with Crippen LogP contribution in [0.2, 0.25) is 0 Å². The average molecular weight is 327 g/mol. The lowest BCUT2D eigenvalue weighted by Gasteiger charge is -2.21. The highest BCUT2D eigenvalue weighted by molar-refractivity contribution is 9.10. The monoisotopic (exact) mass is 326 g/mol. The third-order valence-corrected chi connectivity index (χ3v) is 4.77. The minimum absolute atomic E-state index is 0.291. The SMILES string of the molecule is COC(c1ccccc1)C(O)Cc1sccc1Br. The Bertz CT molecular complexity index is 484. The van der Waals surface area contributed by atoms with E-state index in [9.17, 15) is 5.11 Å². The van der Waals surface area contributed by atoms with Crippen LogP contribution in [0.5, 0.6) is 0 Å². The lowest BCUT2D eigenvalue weighted by molar-refractivity contribution is -0.0125. The van der Waals surface area contributed by atoms with Gasteiger partial charge >= 0.3 is 0 Å². The molecule has 1 aromatic carbocycles. The van der Waals surface area contributed by atoms with Crippen LogP contribution in [0.4, 0.5) is 0 Å². The van der Waals surface area contributed by atoms with E-state index in [0.29, 0.717) is 6.42 Å². The molecule has 2 aromatic rings. The second-order valence-corrected chi connectivity index (χ2v) is 5.89. The molecular formula is C14H15BrO2S. The molecule has 2 unspecified atom stereocenters. The number of aliphatic hydroxyl groups is 1. The molecule has 0 saturated carbocycles. The maximum Gasteiger partial charge on any atom is 0.108 e. The molecule has 1 aromatic heterocycles. The molecule has 2 rings (SSSR count). The van der Waals surface area contributed by atoms with E-state index in [1.807, 2.05) is 41.8 Å². The fraction of sp³-hybridized carbons (Fsp3) is 0.286. The molecule has 96 valence electrons. The molecule has 2 nitrogen and oxygen atoms in total. The molecule has 1 heterocycles. The van der Waals surface area contributed by atoms with Gasteiger partial charge in [0, 0.05) is 22.9 Å². The van der Waals surface area contributed by atoms with Crippen molar-refractivity contribution < 1.29 is 9.84 Å². The third kappa shape index (κ3) is 3.20. The molecule has 0 saturated heterocycles. The lowest BCUT2D eigenvalue weighted by Crippen LogP contribution is -2.22. The first-order valence-electron chi connectivity index (χ1n) is 5.70. The summed E-state index contributed by atoms with van der Waals surface area (Å²) in [5.41, 5.74) is 1.00. The predicted octanol–water partition coefficient (Wildman–Crippen LogP) is 3.80. The first-order chi connectivity index (χ1) is 8.72. The first kappa shape index (κ1) is 13.7. The number of ether oxygens (including phenoxy) is 1. The van der Waals surface area contributed by atoms with Gasteiger partial charge in [-0.2, -0.15) is 0 Å². The number of methoxy groups -OCH3 is 1. The number of rotatable bonds is 5. The molecule has 0 radical (unpaired) electrons. The zero-order valence-electron chi connectivity index (χ0n) is 10.0. The maximum atomic E-state index is 10.3. The summed E-state index contributed by atoms with van der Waals surface area (Å²) in [6, 6.07) is 11.8. The molecule has 0 amide bonds. The van der Waals surface area contributed by atoms with Gasteiger partial charge in [0.2, 0.25) is 0 Å². The van der Waals surface area contributed by atoms with E-state index in [-0.39, 0.29) is 6.10 Å². The fourth-order valence-electron chi connectivity index (χ4n) is 1.93. The van der Waals surface area contributed by atoms with Gasteiger partial charge in [0.1, 0.15) is 6.10 Å². The van der Waals surface area contributed by atoms with E-state index in [2.05, 4.69) is 15.9 Å². The van der Waals surface area contributed by atoms with Crippen molar-refractivity contribution >= 4 is 27.3 Å². The van der Waals surface area contributed by atoms with E-state index < -0.39 is 6.10 Å². The second kappa shape index (κ2) is 6.48. The summed E-state index contributed by atoms with van der Waals surface area (Å²) in [7, 11) is 1.63. The summed E-state index contributed by atoms with van der Waals surface area (Å²) in [5, 5.41) is 12.3. The maximum absolute atomic E-state index is 10.3. The van der Waals surface area contributed by atoms with Crippen LogP contribution in [0.3, 0.4) is 0 Å². The topological polar surface area (TPSA) is 29.5 Å². The van der Waals surface area contributed by atoms with Gasteiger partial charge in [0.25, 0.3) is 0 Å². The van der Waals surface area contributed by atoms with Crippen LogP contribution in [0, 0.1) is 0 Å². The molecule has 0 aliphatic carbocycles. The Morgan fingerprint density at radius 2 is 2.00 bits per heavy atom. The van der Waals surface area contributed by atoms with Gasteiger partial charge in [-0.3, -0.25) is 0 Å².